The number of nitrogens with zero attached hydrogens (tertiary/aromatic N) is 1. The van der Waals surface area contributed by atoms with Crippen molar-refractivity contribution < 1.29 is 4.74 Å². The van der Waals surface area contributed by atoms with Crippen molar-refractivity contribution in [3.8, 4) is 0 Å². The predicted octanol–water partition coefficient (Wildman–Crippen LogP) is 1.45. The minimum absolute atomic E-state index is 0.704. The van der Waals surface area contributed by atoms with Gasteiger partial charge in [0.2, 0.25) is 0 Å². The van der Waals surface area contributed by atoms with Crippen molar-refractivity contribution in [1.29, 1.82) is 0 Å². The number of ether oxygens (including phenoxy) is 1. The van der Waals surface area contributed by atoms with Crippen molar-refractivity contribution >= 4 is 17.3 Å². The van der Waals surface area contributed by atoms with Gasteiger partial charge in [-0.3, -0.25) is 4.99 Å². The Kier molecular flexibility index (Phi) is 6.60. The Morgan fingerprint density at radius 2 is 2.38 bits per heavy atom. The normalized spacial score (nSPS) is 11.5. The third-order valence-electron chi connectivity index (χ3n) is 2.01. The molecule has 0 bridgehead atoms. The third-order valence-corrected chi connectivity index (χ3v) is 2.74. The van der Waals surface area contributed by atoms with E-state index in [1.54, 1.807) is 18.4 Å². The highest BCUT2D eigenvalue weighted by molar-refractivity contribution is 7.07. The van der Waals surface area contributed by atoms with Crippen LogP contribution in [-0.2, 0) is 11.3 Å². The van der Waals surface area contributed by atoms with E-state index >= 15 is 0 Å². The Morgan fingerprint density at radius 3 is 3.00 bits per heavy atom. The van der Waals surface area contributed by atoms with Gasteiger partial charge in [-0.1, -0.05) is 0 Å². The maximum absolute atomic E-state index is 5.24. The molecular weight excluding hydrogens is 222 g/mol. The lowest BCUT2D eigenvalue weighted by Crippen LogP contribution is -2.38. The highest BCUT2D eigenvalue weighted by Gasteiger charge is 1.97. The average molecular weight is 241 g/mol. The molecule has 0 unspecified atom stereocenters. The lowest BCUT2D eigenvalue weighted by molar-refractivity contribution is 0.152. The molecule has 0 aliphatic carbocycles. The van der Waals surface area contributed by atoms with Crippen molar-refractivity contribution in [3.63, 3.8) is 0 Å². The van der Waals surface area contributed by atoms with E-state index in [4.69, 9.17) is 4.74 Å². The summed E-state index contributed by atoms with van der Waals surface area (Å²) in [5.74, 6) is 0.811. The van der Waals surface area contributed by atoms with Gasteiger partial charge in [0.15, 0.2) is 5.96 Å². The number of thiophene rings is 1. The molecule has 2 N–H and O–H groups in total. The Bertz CT molecular complexity index is 298. The number of guanidine groups is 1. The second-order valence-corrected chi connectivity index (χ2v) is 3.96. The van der Waals surface area contributed by atoms with Crippen LogP contribution >= 0.6 is 11.3 Å². The summed E-state index contributed by atoms with van der Waals surface area (Å²) in [6.07, 6.45) is 0. The Labute approximate surface area is 101 Å². The van der Waals surface area contributed by atoms with E-state index in [9.17, 15) is 0 Å². The predicted molar refractivity (Wildman–Crippen MR) is 69.0 cm³/mol. The van der Waals surface area contributed by atoms with Gasteiger partial charge in [0.05, 0.1) is 6.61 Å². The number of hydrogen-bond donors (Lipinski definition) is 2. The molecule has 5 heteroatoms. The van der Waals surface area contributed by atoms with Crippen LogP contribution in [-0.4, -0.2) is 32.8 Å². The van der Waals surface area contributed by atoms with E-state index < -0.39 is 0 Å². The summed E-state index contributed by atoms with van der Waals surface area (Å²) in [6.45, 7) is 5.02. The number of nitrogens with one attached hydrogen (secondary N) is 2. The molecule has 0 saturated carbocycles. The van der Waals surface area contributed by atoms with Gasteiger partial charge < -0.3 is 15.4 Å². The molecule has 0 amide bonds. The van der Waals surface area contributed by atoms with E-state index in [-0.39, 0.29) is 0 Å². The van der Waals surface area contributed by atoms with Crippen LogP contribution < -0.4 is 10.6 Å². The van der Waals surface area contributed by atoms with Gasteiger partial charge in [-0.15, -0.1) is 0 Å². The van der Waals surface area contributed by atoms with Gasteiger partial charge >= 0.3 is 0 Å². The maximum Gasteiger partial charge on any atom is 0.191 e. The van der Waals surface area contributed by atoms with Gasteiger partial charge in [-0.05, 0) is 29.3 Å². The van der Waals surface area contributed by atoms with Crippen LogP contribution in [0, 0.1) is 0 Å². The molecular formula is C11H19N3OS. The average Bonchev–Trinajstić information content (AvgIpc) is 2.81. The molecule has 0 aliphatic rings. The Hall–Kier alpha value is -1.07. The molecule has 0 aliphatic heterocycles. The highest BCUT2D eigenvalue weighted by Crippen LogP contribution is 2.04. The zero-order valence-electron chi connectivity index (χ0n) is 9.82. The van der Waals surface area contributed by atoms with Crippen LogP contribution in [0.4, 0.5) is 0 Å². The van der Waals surface area contributed by atoms with Crippen LogP contribution in [0.5, 0.6) is 0 Å². The maximum atomic E-state index is 5.24. The number of hydrogen-bond acceptors (Lipinski definition) is 3. The van der Waals surface area contributed by atoms with Crippen LogP contribution in [0.2, 0.25) is 0 Å². The van der Waals surface area contributed by atoms with Crippen molar-refractivity contribution in [1.82, 2.24) is 10.6 Å². The SMILES string of the molecule is CCOCCNC(=NC)NCc1ccsc1. The van der Waals surface area contributed by atoms with Gasteiger partial charge in [0.1, 0.15) is 0 Å². The molecule has 1 aromatic rings. The molecule has 0 radical (unpaired) electrons. The Balaban J connectivity index is 2.17. The van der Waals surface area contributed by atoms with Gasteiger partial charge in [0, 0.05) is 26.7 Å². The molecule has 0 aromatic carbocycles. The fraction of sp³-hybridized carbons (Fsp3) is 0.545. The minimum atomic E-state index is 0.704. The molecule has 0 fully saturated rings. The van der Waals surface area contributed by atoms with Crippen LogP contribution in [0.15, 0.2) is 21.8 Å². The van der Waals surface area contributed by atoms with Crippen LogP contribution in [0.25, 0.3) is 0 Å². The quantitative estimate of drug-likeness (QED) is 0.450. The molecule has 0 spiro atoms. The van der Waals surface area contributed by atoms with Gasteiger partial charge in [-0.2, -0.15) is 11.3 Å². The summed E-state index contributed by atoms with van der Waals surface area (Å²) in [5, 5.41) is 10.6. The van der Waals surface area contributed by atoms with E-state index in [0.717, 1.165) is 25.7 Å². The van der Waals surface area contributed by atoms with E-state index in [1.807, 2.05) is 6.92 Å². The minimum Gasteiger partial charge on any atom is -0.380 e. The molecule has 1 rings (SSSR count). The Morgan fingerprint density at radius 1 is 1.50 bits per heavy atom. The third kappa shape index (κ3) is 5.14. The first-order chi connectivity index (χ1) is 7.86. The van der Waals surface area contributed by atoms with Gasteiger partial charge in [-0.25, -0.2) is 0 Å². The monoisotopic (exact) mass is 241 g/mol. The summed E-state index contributed by atoms with van der Waals surface area (Å²) in [4.78, 5) is 4.13. The van der Waals surface area contributed by atoms with Crippen molar-refractivity contribution in [3.05, 3.63) is 22.4 Å². The molecule has 0 atom stereocenters. The van der Waals surface area contributed by atoms with Gasteiger partial charge in [0.25, 0.3) is 0 Å². The van der Waals surface area contributed by atoms with E-state index in [1.165, 1.54) is 5.56 Å². The standard InChI is InChI=1S/C11H19N3OS/c1-3-15-6-5-13-11(12-2)14-8-10-4-7-16-9-10/h4,7,9H,3,5-6,8H2,1-2H3,(H2,12,13,14). The summed E-state index contributed by atoms with van der Waals surface area (Å²) >= 11 is 1.70. The van der Waals surface area contributed by atoms with E-state index in [2.05, 4.69) is 32.5 Å². The molecule has 4 nitrogen and oxygen atoms in total. The first-order valence-electron chi connectivity index (χ1n) is 5.40. The second kappa shape index (κ2) is 8.13. The lowest BCUT2D eigenvalue weighted by Gasteiger charge is -2.10. The largest absolute Gasteiger partial charge is 0.380 e. The molecule has 90 valence electrons. The smallest absolute Gasteiger partial charge is 0.191 e. The topological polar surface area (TPSA) is 45.6 Å². The summed E-state index contributed by atoms with van der Waals surface area (Å²) in [5.41, 5.74) is 1.28. The first-order valence-corrected chi connectivity index (χ1v) is 6.34. The van der Waals surface area contributed by atoms with Crippen LogP contribution in [0.3, 0.4) is 0 Å². The van der Waals surface area contributed by atoms with E-state index in [0.29, 0.717) is 6.61 Å². The zero-order valence-corrected chi connectivity index (χ0v) is 10.6. The van der Waals surface area contributed by atoms with Crippen molar-refractivity contribution in [2.75, 3.05) is 26.8 Å². The summed E-state index contributed by atoms with van der Waals surface area (Å²) < 4.78 is 5.24. The number of aliphatic imine (C=N–C) groups is 1. The lowest BCUT2D eigenvalue weighted by atomic mass is 10.3. The molecule has 1 aromatic heterocycles. The number of rotatable bonds is 6. The van der Waals surface area contributed by atoms with Crippen LogP contribution in [0.1, 0.15) is 12.5 Å². The summed E-state index contributed by atoms with van der Waals surface area (Å²) in [6, 6.07) is 2.10. The fourth-order valence-electron chi connectivity index (χ4n) is 1.19. The zero-order chi connectivity index (χ0) is 11.6. The summed E-state index contributed by atoms with van der Waals surface area (Å²) in [7, 11) is 1.77. The second-order valence-electron chi connectivity index (χ2n) is 3.18. The first kappa shape index (κ1) is 13.0. The fourth-order valence-corrected chi connectivity index (χ4v) is 1.85. The van der Waals surface area contributed by atoms with Crippen molar-refractivity contribution in [2.24, 2.45) is 4.99 Å². The van der Waals surface area contributed by atoms with Crippen molar-refractivity contribution in [2.45, 2.75) is 13.5 Å². The highest BCUT2D eigenvalue weighted by atomic mass is 32.1. The molecule has 1 heterocycles. The molecule has 0 saturated heterocycles. The molecule has 16 heavy (non-hydrogen) atoms.